The lowest BCUT2D eigenvalue weighted by Gasteiger charge is -2.23. The van der Waals surface area contributed by atoms with Crippen LogP contribution in [-0.2, 0) is 6.54 Å². The van der Waals surface area contributed by atoms with Crippen LogP contribution >= 0.6 is 0 Å². The monoisotopic (exact) mass is 370 g/mol. The number of hydrogen-bond acceptors (Lipinski definition) is 3. The standard InChI is InChI=1S/C23H22N4O/c1-3-26(21-10-6-4-8-17(21)2)23(28)19-14-12-18(13-15-19)16-27-22-11-7-5-9-20(22)24-25-27/h4-15H,3,16H2,1-2H3. The molecule has 0 radical (unpaired) electrons. The number of fused-ring (bicyclic) bond motifs is 1. The maximum Gasteiger partial charge on any atom is 0.258 e. The molecule has 0 bridgehead atoms. The van der Waals surface area contributed by atoms with E-state index >= 15 is 0 Å². The number of nitrogens with zero attached hydrogens (tertiary/aromatic N) is 4. The SMILES string of the molecule is CCN(C(=O)c1ccc(Cn2nnc3ccccc32)cc1)c1ccccc1C. The Morgan fingerprint density at radius 1 is 0.964 bits per heavy atom. The molecule has 1 heterocycles. The van der Waals surface area contributed by atoms with Crippen molar-refractivity contribution < 1.29 is 4.79 Å². The van der Waals surface area contributed by atoms with Gasteiger partial charge in [0.1, 0.15) is 5.52 Å². The molecule has 4 aromatic rings. The highest BCUT2D eigenvalue weighted by molar-refractivity contribution is 6.06. The van der Waals surface area contributed by atoms with Crippen LogP contribution in [0.15, 0.2) is 72.8 Å². The fourth-order valence-corrected chi connectivity index (χ4v) is 3.41. The Labute approximate surface area is 164 Å². The maximum absolute atomic E-state index is 13.0. The minimum Gasteiger partial charge on any atom is -0.308 e. The Morgan fingerprint density at radius 2 is 1.68 bits per heavy atom. The Kier molecular flexibility index (Phi) is 4.89. The van der Waals surface area contributed by atoms with Gasteiger partial charge in [0.25, 0.3) is 5.91 Å². The molecule has 0 N–H and O–H groups in total. The van der Waals surface area contributed by atoms with Crippen molar-refractivity contribution >= 4 is 22.6 Å². The first-order valence-electron chi connectivity index (χ1n) is 9.42. The second-order valence-corrected chi connectivity index (χ2v) is 6.77. The van der Waals surface area contributed by atoms with E-state index in [1.807, 2.05) is 96.2 Å². The Morgan fingerprint density at radius 3 is 2.43 bits per heavy atom. The average molecular weight is 370 g/mol. The normalized spacial score (nSPS) is 10.9. The highest BCUT2D eigenvalue weighted by atomic mass is 16.2. The lowest BCUT2D eigenvalue weighted by Crippen LogP contribution is -2.31. The third-order valence-corrected chi connectivity index (χ3v) is 4.92. The van der Waals surface area contributed by atoms with Gasteiger partial charge in [-0.1, -0.05) is 47.7 Å². The number of amides is 1. The molecule has 28 heavy (non-hydrogen) atoms. The fourth-order valence-electron chi connectivity index (χ4n) is 3.41. The van der Waals surface area contributed by atoms with E-state index in [0.29, 0.717) is 18.7 Å². The Bertz CT molecular complexity index is 1110. The van der Waals surface area contributed by atoms with Gasteiger partial charge in [-0.2, -0.15) is 0 Å². The summed E-state index contributed by atoms with van der Waals surface area (Å²) < 4.78 is 1.87. The van der Waals surface area contributed by atoms with E-state index < -0.39 is 0 Å². The summed E-state index contributed by atoms with van der Waals surface area (Å²) in [5.41, 5.74) is 5.68. The van der Waals surface area contributed by atoms with E-state index in [1.165, 1.54) is 0 Å². The lowest BCUT2D eigenvalue weighted by molar-refractivity contribution is 0.0988. The van der Waals surface area contributed by atoms with Gasteiger partial charge in [-0.05, 0) is 55.3 Å². The molecule has 0 aliphatic heterocycles. The quantitative estimate of drug-likeness (QED) is 0.521. The number of aromatic nitrogens is 3. The zero-order valence-electron chi connectivity index (χ0n) is 16.0. The summed E-state index contributed by atoms with van der Waals surface area (Å²) in [4.78, 5) is 14.8. The van der Waals surface area contributed by atoms with Crippen molar-refractivity contribution in [2.45, 2.75) is 20.4 Å². The van der Waals surface area contributed by atoms with Gasteiger partial charge in [-0.3, -0.25) is 4.79 Å². The minimum absolute atomic E-state index is 0.00885. The summed E-state index contributed by atoms with van der Waals surface area (Å²) >= 11 is 0. The third-order valence-electron chi connectivity index (χ3n) is 4.92. The van der Waals surface area contributed by atoms with Gasteiger partial charge in [-0.25, -0.2) is 4.68 Å². The van der Waals surface area contributed by atoms with Gasteiger partial charge in [0, 0.05) is 17.8 Å². The molecule has 140 valence electrons. The van der Waals surface area contributed by atoms with Gasteiger partial charge in [0.05, 0.1) is 12.1 Å². The summed E-state index contributed by atoms with van der Waals surface area (Å²) in [6.07, 6.45) is 0. The number of anilines is 1. The highest BCUT2D eigenvalue weighted by Crippen LogP contribution is 2.22. The molecule has 0 aliphatic carbocycles. The first-order chi connectivity index (χ1) is 13.7. The molecular formula is C23H22N4O. The number of hydrogen-bond donors (Lipinski definition) is 0. The molecule has 0 unspecified atom stereocenters. The van der Waals surface area contributed by atoms with Crippen LogP contribution in [-0.4, -0.2) is 27.4 Å². The van der Waals surface area contributed by atoms with E-state index in [2.05, 4.69) is 10.3 Å². The van der Waals surface area contributed by atoms with Crippen LogP contribution in [0.5, 0.6) is 0 Å². The van der Waals surface area contributed by atoms with E-state index in [0.717, 1.165) is 27.8 Å². The molecule has 1 aromatic heterocycles. The molecule has 4 rings (SSSR count). The van der Waals surface area contributed by atoms with E-state index in [1.54, 1.807) is 0 Å². The first kappa shape index (κ1) is 17.9. The largest absolute Gasteiger partial charge is 0.308 e. The number of para-hydroxylation sites is 2. The molecule has 1 amide bonds. The van der Waals surface area contributed by atoms with Crippen LogP contribution in [0.4, 0.5) is 5.69 Å². The van der Waals surface area contributed by atoms with Crippen LogP contribution in [0.1, 0.15) is 28.4 Å². The second kappa shape index (κ2) is 7.64. The van der Waals surface area contributed by atoms with Crippen LogP contribution in [0.2, 0.25) is 0 Å². The van der Waals surface area contributed by atoms with Crippen LogP contribution < -0.4 is 4.90 Å². The zero-order chi connectivity index (χ0) is 19.5. The Balaban J connectivity index is 1.55. The van der Waals surface area contributed by atoms with Crippen molar-refractivity contribution in [2.75, 3.05) is 11.4 Å². The summed E-state index contributed by atoms with van der Waals surface area (Å²) in [5.74, 6) is 0.00885. The van der Waals surface area contributed by atoms with Gasteiger partial charge < -0.3 is 4.90 Å². The van der Waals surface area contributed by atoms with Crippen molar-refractivity contribution in [1.29, 1.82) is 0 Å². The summed E-state index contributed by atoms with van der Waals surface area (Å²) in [7, 11) is 0. The summed E-state index contributed by atoms with van der Waals surface area (Å²) in [6.45, 7) is 5.26. The highest BCUT2D eigenvalue weighted by Gasteiger charge is 2.17. The lowest BCUT2D eigenvalue weighted by atomic mass is 10.1. The molecule has 0 fully saturated rings. The van der Waals surface area contributed by atoms with Crippen LogP contribution in [0.25, 0.3) is 11.0 Å². The molecule has 5 heteroatoms. The molecule has 0 saturated carbocycles. The van der Waals surface area contributed by atoms with Gasteiger partial charge in [0.2, 0.25) is 0 Å². The fraction of sp³-hybridized carbons (Fsp3) is 0.174. The predicted molar refractivity (Wildman–Crippen MR) is 112 cm³/mol. The summed E-state index contributed by atoms with van der Waals surface area (Å²) in [6, 6.07) is 23.6. The van der Waals surface area contributed by atoms with E-state index in [9.17, 15) is 4.79 Å². The number of carbonyl (C=O) groups excluding carboxylic acids is 1. The van der Waals surface area contributed by atoms with Crippen LogP contribution in [0.3, 0.4) is 0 Å². The van der Waals surface area contributed by atoms with Crippen LogP contribution in [0, 0.1) is 6.92 Å². The molecule has 5 nitrogen and oxygen atoms in total. The van der Waals surface area contributed by atoms with Crippen molar-refractivity contribution in [2.24, 2.45) is 0 Å². The maximum atomic E-state index is 13.0. The molecule has 3 aromatic carbocycles. The van der Waals surface area contributed by atoms with Crippen molar-refractivity contribution in [1.82, 2.24) is 15.0 Å². The Hall–Kier alpha value is -3.47. The van der Waals surface area contributed by atoms with Gasteiger partial charge >= 0.3 is 0 Å². The number of carbonyl (C=O) groups is 1. The minimum atomic E-state index is 0.00885. The molecule has 0 atom stereocenters. The predicted octanol–water partition coefficient (Wildman–Crippen LogP) is 4.45. The molecule has 0 aliphatic rings. The average Bonchev–Trinajstić information content (AvgIpc) is 3.13. The van der Waals surface area contributed by atoms with Crippen molar-refractivity contribution in [3.8, 4) is 0 Å². The smallest absolute Gasteiger partial charge is 0.258 e. The van der Waals surface area contributed by atoms with Crippen molar-refractivity contribution in [3.63, 3.8) is 0 Å². The van der Waals surface area contributed by atoms with Crippen molar-refractivity contribution in [3.05, 3.63) is 89.5 Å². The van der Waals surface area contributed by atoms with Gasteiger partial charge in [0.15, 0.2) is 0 Å². The second-order valence-electron chi connectivity index (χ2n) is 6.77. The topological polar surface area (TPSA) is 51.0 Å². The molecule has 0 saturated heterocycles. The number of rotatable bonds is 5. The van der Waals surface area contributed by atoms with E-state index in [-0.39, 0.29) is 5.91 Å². The molecule has 0 spiro atoms. The summed E-state index contributed by atoms with van der Waals surface area (Å²) in [5, 5.41) is 8.42. The number of aryl methyl sites for hydroxylation is 1. The van der Waals surface area contributed by atoms with E-state index in [4.69, 9.17) is 0 Å². The van der Waals surface area contributed by atoms with Gasteiger partial charge in [-0.15, -0.1) is 5.10 Å². The molecular weight excluding hydrogens is 348 g/mol. The first-order valence-corrected chi connectivity index (χ1v) is 9.42. The third kappa shape index (κ3) is 3.39. The number of benzene rings is 3. The zero-order valence-corrected chi connectivity index (χ0v) is 16.0.